The molecular formula is C21H18FNO3S. The van der Waals surface area contributed by atoms with Gasteiger partial charge in [-0.1, -0.05) is 36.4 Å². The number of halogens is 1. The van der Waals surface area contributed by atoms with Gasteiger partial charge < -0.3 is 9.32 Å². The molecule has 0 bridgehead atoms. The van der Waals surface area contributed by atoms with Gasteiger partial charge in [-0.2, -0.15) is 11.8 Å². The summed E-state index contributed by atoms with van der Waals surface area (Å²) in [5.74, 6) is 0.137. The molecule has 27 heavy (non-hydrogen) atoms. The van der Waals surface area contributed by atoms with E-state index in [1.807, 2.05) is 18.2 Å². The van der Waals surface area contributed by atoms with Crippen LogP contribution in [-0.4, -0.2) is 29.6 Å². The number of hydrogen-bond acceptors (Lipinski definition) is 4. The van der Waals surface area contributed by atoms with E-state index in [-0.39, 0.29) is 22.5 Å². The van der Waals surface area contributed by atoms with Gasteiger partial charge in [-0.25, -0.2) is 9.18 Å². The van der Waals surface area contributed by atoms with Gasteiger partial charge in [0.05, 0.1) is 0 Å². The minimum atomic E-state index is -0.624. The second kappa shape index (κ2) is 7.56. The third kappa shape index (κ3) is 3.62. The Labute approximate surface area is 160 Å². The van der Waals surface area contributed by atoms with Gasteiger partial charge in [-0.15, -0.1) is 0 Å². The molecule has 1 aliphatic heterocycles. The van der Waals surface area contributed by atoms with E-state index in [0.717, 1.165) is 0 Å². The summed E-state index contributed by atoms with van der Waals surface area (Å²) >= 11 is 1.64. The summed E-state index contributed by atoms with van der Waals surface area (Å²) in [6.45, 7) is 0.984. The number of fused-ring (bicyclic) bond motifs is 1. The fraction of sp³-hybridized carbons (Fsp3) is 0.238. The van der Waals surface area contributed by atoms with Crippen LogP contribution in [0, 0.1) is 5.82 Å². The van der Waals surface area contributed by atoms with Crippen molar-refractivity contribution in [2.75, 3.05) is 18.8 Å². The van der Waals surface area contributed by atoms with Crippen LogP contribution in [-0.2, 0) is 0 Å². The Morgan fingerprint density at radius 3 is 2.74 bits per heavy atom. The Hall–Kier alpha value is -2.60. The van der Waals surface area contributed by atoms with E-state index in [1.165, 1.54) is 6.07 Å². The van der Waals surface area contributed by atoms with Crippen LogP contribution in [0.25, 0.3) is 11.0 Å². The van der Waals surface area contributed by atoms with E-state index in [9.17, 15) is 14.0 Å². The molecule has 0 unspecified atom stereocenters. The fourth-order valence-electron chi connectivity index (χ4n) is 3.34. The lowest BCUT2D eigenvalue weighted by Crippen LogP contribution is -2.35. The number of rotatable bonds is 2. The molecule has 4 nitrogen and oxygen atoms in total. The van der Waals surface area contributed by atoms with Crippen LogP contribution in [0.1, 0.15) is 27.6 Å². The van der Waals surface area contributed by atoms with Crippen molar-refractivity contribution in [3.8, 4) is 0 Å². The first-order valence-electron chi connectivity index (χ1n) is 8.81. The standard InChI is InChI=1S/C21H18FNO3S/c22-17-7-3-2-6-15(17)19-9-10-23(11-12-27-19)20(24)16-13-14-5-1-4-8-18(14)26-21(16)25/h1-8,13,19H,9-12H2/t19-/m1/s1. The molecule has 2 heterocycles. The Bertz CT molecular complexity index is 1050. The molecule has 1 saturated heterocycles. The molecule has 1 aromatic heterocycles. The molecule has 0 radical (unpaired) electrons. The number of benzene rings is 2. The molecule has 1 amide bonds. The van der Waals surface area contributed by atoms with Gasteiger partial charge in [0.15, 0.2) is 0 Å². The lowest BCUT2D eigenvalue weighted by molar-refractivity contribution is 0.0762. The zero-order valence-electron chi connectivity index (χ0n) is 14.6. The highest BCUT2D eigenvalue weighted by Gasteiger charge is 2.26. The minimum absolute atomic E-state index is 0.00277. The molecule has 138 valence electrons. The van der Waals surface area contributed by atoms with E-state index in [0.29, 0.717) is 41.8 Å². The van der Waals surface area contributed by atoms with Gasteiger partial charge in [-0.3, -0.25) is 4.79 Å². The first-order valence-corrected chi connectivity index (χ1v) is 9.86. The summed E-state index contributed by atoms with van der Waals surface area (Å²) in [4.78, 5) is 26.8. The van der Waals surface area contributed by atoms with Crippen molar-refractivity contribution in [1.29, 1.82) is 0 Å². The van der Waals surface area contributed by atoms with Crippen molar-refractivity contribution < 1.29 is 13.6 Å². The lowest BCUT2D eigenvalue weighted by Gasteiger charge is -2.20. The maximum Gasteiger partial charge on any atom is 0.349 e. The predicted molar refractivity (Wildman–Crippen MR) is 105 cm³/mol. The second-order valence-electron chi connectivity index (χ2n) is 6.45. The molecule has 3 aromatic rings. The molecule has 0 spiro atoms. The minimum Gasteiger partial charge on any atom is -0.422 e. The van der Waals surface area contributed by atoms with Crippen LogP contribution < -0.4 is 5.63 Å². The van der Waals surface area contributed by atoms with Gasteiger partial charge in [0, 0.05) is 35.0 Å². The molecule has 2 aromatic carbocycles. The third-order valence-electron chi connectivity index (χ3n) is 4.75. The van der Waals surface area contributed by atoms with E-state index < -0.39 is 5.63 Å². The van der Waals surface area contributed by atoms with Crippen molar-refractivity contribution in [1.82, 2.24) is 4.90 Å². The highest BCUT2D eigenvalue weighted by atomic mass is 32.2. The van der Waals surface area contributed by atoms with E-state index >= 15 is 0 Å². The van der Waals surface area contributed by atoms with E-state index in [4.69, 9.17) is 4.42 Å². The van der Waals surface area contributed by atoms with Crippen molar-refractivity contribution in [3.05, 3.63) is 82.0 Å². The first-order chi connectivity index (χ1) is 13.1. The molecule has 0 saturated carbocycles. The maximum absolute atomic E-state index is 14.1. The van der Waals surface area contributed by atoms with Crippen LogP contribution in [0.5, 0.6) is 0 Å². The SMILES string of the molecule is O=C(c1cc2ccccc2oc1=O)N1CCS[C@@H](c2ccccc2F)CC1. The highest BCUT2D eigenvalue weighted by Crippen LogP contribution is 2.35. The highest BCUT2D eigenvalue weighted by molar-refractivity contribution is 7.99. The summed E-state index contributed by atoms with van der Waals surface area (Å²) in [5.41, 5.74) is 0.552. The van der Waals surface area contributed by atoms with Gasteiger partial charge in [-0.05, 0) is 24.6 Å². The topological polar surface area (TPSA) is 50.5 Å². The van der Waals surface area contributed by atoms with Gasteiger partial charge >= 0.3 is 5.63 Å². The van der Waals surface area contributed by atoms with E-state index in [2.05, 4.69) is 0 Å². The van der Waals surface area contributed by atoms with Crippen LogP contribution in [0.15, 0.2) is 63.8 Å². The normalized spacial score (nSPS) is 17.7. The van der Waals surface area contributed by atoms with Crippen LogP contribution in [0.4, 0.5) is 4.39 Å². The average molecular weight is 383 g/mol. The quantitative estimate of drug-likeness (QED) is 0.621. The largest absolute Gasteiger partial charge is 0.422 e. The maximum atomic E-state index is 14.1. The number of amides is 1. The first kappa shape index (κ1) is 17.8. The van der Waals surface area contributed by atoms with Gasteiger partial charge in [0.2, 0.25) is 0 Å². The van der Waals surface area contributed by atoms with E-state index in [1.54, 1.807) is 47.0 Å². The summed E-state index contributed by atoms with van der Waals surface area (Å²) in [7, 11) is 0. The molecule has 6 heteroatoms. The van der Waals surface area contributed by atoms with Crippen molar-refractivity contribution in [2.45, 2.75) is 11.7 Å². The summed E-state index contributed by atoms with van der Waals surface area (Å²) in [6.07, 6.45) is 0.635. The number of carbonyl (C=O) groups excluding carboxylic acids is 1. The van der Waals surface area contributed by atoms with Crippen molar-refractivity contribution in [2.24, 2.45) is 0 Å². The molecule has 4 rings (SSSR count). The van der Waals surface area contributed by atoms with Gasteiger partial charge in [0.1, 0.15) is 17.0 Å². The number of hydrogen-bond donors (Lipinski definition) is 0. The van der Waals surface area contributed by atoms with Crippen molar-refractivity contribution in [3.63, 3.8) is 0 Å². The third-order valence-corrected chi connectivity index (χ3v) is 6.06. The Balaban J connectivity index is 1.56. The monoisotopic (exact) mass is 383 g/mol. The fourth-order valence-corrected chi connectivity index (χ4v) is 4.59. The van der Waals surface area contributed by atoms with Crippen molar-refractivity contribution >= 4 is 28.6 Å². The number of nitrogens with zero attached hydrogens (tertiary/aromatic N) is 1. The smallest absolute Gasteiger partial charge is 0.349 e. The summed E-state index contributed by atoms with van der Waals surface area (Å²) in [5, 5.41) is 0.714. The predicted octanol–water partition coefficient (Wildman–Crippen LogP) is 4.25. The number of thioether (sulfide) groups is 1. The molecule has 0 aliphatic carbocycles. The van der Waals surface area contributed by atoms with Gasteiger partial charge in [0.25, 0.3) is 5.91 Å². The molecule has 1 atom stereocenters. The molecular weight excluding hydrogens is 365 g/mol. The zero-order valence-corrected chi connectivity index (χ0v) is 15.4. The second-order valence-corrected chi connectivity index (χ2v) is 7.76. The molecule has 1 aliphatic rings. The van der Waals surface area contributed by atoms with Crippen LogP contribution >= 0.6 is 11.8 Å². The molecule has 1 fully saturated rings. The molecule has 0 N–H and O–H groups in total. The average Bonchev–Trinajstić information content (AvgIpc) is 2.93. The zero-order chi connectivity index (χ0) is 18.8. The summed E-state index contributed by atoms with van der Waals surface area (Å²) in [6, 6.07) is 15.5. The lowest BCUT2D eigenvalue weighted by atomic mass is 10.1. The Morgan fingerprint density at radius 2 is 1.89 bits per heavy atom. The van der Waals surface area contributed by atoms with Crippen LogP contribution in [0.3, 0.4) is 0 Å². The number of carbonyl (C=O) groups is 1. The van der Waals surface area contributed by atoms with Crippen LogP contribution in [0.2, 0.25) is 0 Å². The summed E-state index contributed by atoms with van der Waals surface area (Å²) < 4.78 is 19.4. The Morgan fingerprint density at radius 1 is 1.11 bits per heavy atom. The Kier molecular flexibility index (Phi) is 4.99. The number of para-hydroxylation sites is 1.